The third kappa shape index (κ3) is 4.08. The summed E-state index contributed by atoms with van der Waals surface area (Å²) in [4.78, 5) is 15.9. The van der Waals surface area contributed by atoms with Gasteiger partial charge in [-0.25, -0.2) is 5.48 Å². The molecule has 0 bridgehead atoms. The van der Waals surface area contributed by atoms with E-state index in [0.29, 0.717) is 17.4 Å². The van der Waals surface area contributed by atoms with Gasteiger partial charge in [0.25, 0.3) is 5.91 Å². The maximum absolute atomic E-state index is 11.1. The second kappa shape index (κ2) is 6.35. The Morgan fingerprint density at radius 2 is 2.25 bits per heavy atom. The summed E-state index contributed by atoms with van der Waals surface area (Å²) in [5, 5.41) is 0.672. The van der Waals surface area contributed by atoms with Crippen LogP contribution in [-0.4, -0.2) is 19.1 Å². The Balaban J connectivity index is 2.42. The van der Waals surface area contributed by atoms with Crippen molar-refractivity contribution in [3.05, 3.63) is 28.8 Å². The molecule has 1 N–H and O–H groups in total. The lowest BCUT2D eigenvalue weighted by Gasteiger charge is -2.07. The molecule has 0 spiro atoms. The first-order valence-electron chi connectivity index (χ1n) is 4.93. The zero-order chi connectivity index (χ0) is 12.0. The summed E-state index contributed by atoms with van der Waals surface area (Å²) < 4.78 is 5.25. The molecular weight excluding hydrogens is 230 g/mol. The molecule has 0 saturated heterocycles. The number of carbonyl (C=O) groups excluding carboxylic acids is 1. The van der Waals surface area contributed by atoms with Gasteiger partial charge in [0.15, 0.2) is 6.61 Å². The second-order valence-corrected chi connectivity index (χ2v) is 3.57. The monoisotopic (exact) mass is 243 g/mol. The molecule has 0 aromatic heterocycles. The van der Waals surface area contributed by atoms with Crippen molar-refractivity contribution < 1.29 is 14.4 Å². The largest absolute Gasteiger partial charge is 0.484 e. The Morgan fingerprint density at radius 1 is 1.50 bits per heavy atom. The fourth-order valence-corrected chi connectivity index (χ4v) is 1.16. The summed E-state index contributed by atoms with van der Waals surface area (Å²) in [6.07, 6.45) is 0. The van der Waals surface area contributed by atoms with Crippen molar-refractivity contribution in [3.8, 4) is 5.75 Å². The number of benzene rings is 1. The maximum atomic E-state index is 11.1. The van der Waals surface area contributed by atoms with Gasteiger partial charge in [0, 0.05) is 5.02 Å². The quantitative estimate of drug-likeness (QED) is 0.806. The van der Waals surface area contributed by atoms with Crippen LogP contribution in [0.1, 0.15) is 12.5 Å². The Hall–Kier alpha value is -1.26. The normalized spacial score (nSPS) is 9.94. The summed E-state index contributed by atoms with van der Waals surface area (Å²) in [5.41, 5.74) is 3.15. The topological polar surface area (TPSA) is 47.6 Å². The molecule has 0 aliphatic carbocycles. The van der Waals surface area contributed by atoms with Crippen LogP contribution in [0.25, 0.3) is 0 Å². The van der Waals surface area contributed by atoms with Crippen LogP contribution in [-0.2, 0) is 9.63 Å². The first kappa shape index (κ1) is 12.8. The molecule has 1 rings (SSSR count). The van der Waals surface area contributed by atoms with Crippen molar-refractivity contribution in [3.63, 3.8) is 0 Å². The van der Waals surface area contributed by atoms with Gasteiger partial charge in [0.1, 0.15) is 5.75 Å². The standard InChI is InChI=1S/C11H14ClNO3/c1-3-16-13-11(14)7-15-9-4-5-10(12)8(2)6-9/h4-6H,3,7H2,1-2H3,(H,13,14). The zero-order valence-electron chi connectivity index (χ0n) is 9.25. The molecule has 0 aliphatic heterocycles. The number of aryl methyl sites for hydroxylation is 1. The zero-order valence-corrected chi connectivity index (χ0v) is 10.0. The number of hydroxylamine groups is 1. The predicted molar refractivity (Wildman–Crippen MR) is 61.5 cm³/mol. The number of halogens is 1. The lowest BCUT2D eigenvalue weighted by molar-refractivity contribution is -0.135. The van der Waals surface area contributed by atoms with Crippen LogP contribution in [0.3, 0.4) is 0 Å². The van der Waals surface area contributed by atoms with E-state index < -0.39 is 0 Å². The molecule has 5 heteroatoms. The molecule has 0 unspecified atom stereocenters. The van der Waals surface area contributed by atoms with Crippen LogP contribution in [0.2, 0.25) is 5.02 Å². The average Bonchev–Trinajstić information content (AvgIpc) is 2.28. The van der Waals surface area contributed by atoms with E-state index in [1.165, 1.54) is 0 Å². The molecule has 0 radical (unpaired) electrons. The van der Waals surface area contributed by atoms with Crippen LogP contribution in [0, 0.1) is 6.92 Å². The predicted octanol–water partition coefficient (Wildman–Crippen LogP) is 2.09. The van der Waals surface area contributed by atoms with Crippen LogP contribution >= 0.6 is 11.6 Å². The molecule has 0 saturated carbocycles. The summed E-state index contributed by atoms with van der Waals surface area (Å²) in [5.74, 6) is 0.281. The molecule has 1 aromatic carbocycles. The fourth-order valence-electron chi connectivity index (χ4n) is 1.04. The van der Waals surface area contributed by atoms with E-state index >= 15 is 0 Å². The fraction of sp³-hybridized carbons (Fsp3) is 0.364. The van der Waals surface area contributed by atoms with Crippen molar-refractivity contribution in [2.45, 2.75) is 13.8 Å². The third-order valence-electron chi connectivity index (χ3n) is 1.83. The van der Waals surface area contributed by atoms with Crippen molar-refractivity contribution in [2.24, 2.45) is 0 Å². The molecule has 0 fully saturated rings. The van der Waals surface area contributed by atoms with E-state index in [9.17, 15) is 4.79 Å². The van der Waals surface area contributed by atoms with Gasteiger partial charge >= 0.3 is 0 Å². The van der Waals surface area contributed by atoms with Crippen LogP contribution in [0.4, 0.5) is 0 Å². The van der Waals surface area contributed by atoms with E-state index in [1.807, 2.05) is 6.92 Å². The Bertz CT molecular complexity index is 368. The summed E-state index contributed by atoms with van der Waals surface area (Å²) >= 11 is 5.86. The van der Waals surface area contributed by atoms with Crippen molar-refractivity contribution in [1.82, 2.24) is 5.48 Å². The van der Waals surface area contributed by atoms with Gasteiger partial charge in [-0.2, -0.15) is 0 Å². The lowest BCUT2D eigenvalue weighted by Crippen LogP contribution is -2.28. The Kier molecular flexibility index (Phi) is 5.08. The molecule has 16 heavy (non-hydrogen) atoms. The average molecular weight is 244 g/mol. The summed E-state index contributed by atoms with van der Waals surface area (Å²) in [7, 11) is 0. The Labute approximate surface area is 99.5 Å². The van der Waals surface area contributed by atoms with Crippen LogP contribution in [0.15, 0.2) is 18.2 Å². The highest BCUT2D eigenvalue weighted by molar-refractivity contribution is 6.31. The van der Waals surface area contributed by atoms with Gasteiger partial charge in [-0.15, -0.1) is 0 Å². The molecule has 0 heterocycles. The van der Waals surface area contributed by atoms with Gasteiger partial charge in [0.2, 0.25) is 0 Å². The second-order valence-electron chi connectivity index (χ2n) is 3.16. The SMILES string of the molecule is CCONC(=O)COc1ccc(Cl)c(C)c1. The van der Waals surface area contributed by atoms with Crippen molar-refractivity contribution in [2.75, 3.05) is 13.2 Å². The van der Waals surface area contributed by atoms with Gasteiger partial charge in [-0.05, 0) is 37.6 Å². The third-order valence-corrected chi connectivity index (χ3v) is 2.25. The highest BCUT2D eigenvalue weighted by Crippen LogP contribution is 2.20. The summed E-state index contributed by atoms with van der Waals surface area (Å²) in [6.45, 7) is 3.99. The number of nitrogens with one attached hydrogen (secondary N) is 1. The van der Waals surface area contributed by atoms with Crippen molar-refractivity contribution >= 4 is 17.5 Å². The number of ether oxygens (including phenoxy) is 1. The molecule has 1 aromatic rings. The highest BCUT2D eigenvalue weighted by Gasteiger charge is 2.03. The van der Waals surface area contributed by atoms with Crippen molar-refractivity contribution in [1.29, 1.82) is 0 Å². The minimum atomic E-state index is -0.325. The molecular formula is C11H14ClNO3. The van der Waals surface area contributed by atoms with E-state index in [-0.39, 0.29) is 12.5 Å². The van der Waals surface area contributed by atoms with Gasteiger partial charge in [0.05, 0.1) is 6.61 Å². The number of hydrogen-bond acceptors (Lipinski definition) is 3. The smallest absolute Gasteiger partial charge is 0.281 e. The van der Waals surface area contributed by atoms with E-state index in [1.54, 1.807) is 25.1 Å². The van der Waals surface area contributed by atoms with E-state index in [2.05, 4.69) is 5.48 Å². The molecule has 0 aliphatic rings. The number of rotatable bonds is 5. The lowest BCUT2D eigenvalue weighted by atomic mass is 10.2. The highest BCUT2D eigenvalue weighted by atomic mass is 35.5. The van der Waals surface area contributed by atoms with Crippen LogP contribution in [0.5, 0.6) is 5.75 Å². The maximum Gasteiger partial charge on any atom is 0.281 e. The minimum absolute atomic E-state index is 0.0823. The number of hydrogen-bond donors (Lipinski definition) is 1. The van der Waals surface area contributed by atoms with Gasteiger partial charge in [-0.3, -0.25) is 9.63 Å². The molecule has 0 atom stereocenters. The Morgan fingerprint density at radius 3 is 2.88 bits per heavy atom. The van der Waals surface area contributed by atoms with Gasteiger partial charge in [-0.1, -0.05) is 11.6 Å². The van der Waals surface area contributed by atoms with E-state index in [0.717, 1.165) is 5.56 Å². The molecule has 1 amide bonds. The first-order chi connectivity index (χ1) is 7.63. The number of carbonyl (C=O) groups is 1. The number of amides is 1. The first-order valence-corrected chi connectivity index (χ1v) is 5.31. The molecule has 4 nitrogen and oxygen atoms in total. The van der Waals surface area contributed by atoms with Gasteiger partial charge < -0.3 is 4.74 Å². The van der Waals surface area contributed by atoms with Crippen LogP contribution < -0.4 is 10.2 Å². The van der Waals surface area contributed by atoms with E-state index in [4.69, 9.17) is 21.2 Å². The molecule has 88 valence electrons. The minimum Gasteiger partial charge on any atom is -0.484 e. The summed E-state index contributed by atoms with van der Waals surface area (Å²) in [6, 6.07) is 5.21.